The summed E-state index contributed by atoms with van der Waals surface area (Å²) in [5.74, 6) is -0.231. The molecule has 0 aromatic heterocycles. The molecule has 0 radical (unpaired) electrons. The van der Waals surface area contributed by atoms with Gasteiger partial charge in [0.05, 0.1) is 0 Å². The van der Waals surface area contributed by atoms with Crippen LogP contribution in [0.4, 0.5) is 4.39 Å². The normalized spacial score (nSPS) is 15.8. The summed E-state index contributed by atoms with van der Waals surface area (Å²) >= 11 is 4.91. The van der Waals surface area contributed by atoms with Gasteiger partial charge < -0.3 is 10.6 Å². The molecule has 0 bridgehead atoms. The molecule has 96 valence electrons. The van der Waals surface area contributed by atoms with Gasteiger partial charge >= 0.3 is 0 Å². The predicted octanol–water partition coefficient (Wildman–Crippen LogP) is 1.97. The van der Waals surface area contributed by atoms with Gasteiger partial charge in [0, 0.05) is 25.1 Å². The number of thiocarbonyl (C=S) groups is 1. The highest BCUT2D eigenvalue weighted by Gasteiger charge is 2.19. The van der Waals surface area contributed by atoms with Crippen molar-refractivity contribution in [2.75, 3.05) is 6.54 Å². The largest absolute Gasteiger partial charge is 0.389 e. The van der Waals surface area contributed by atoms with Crippen molar-refractivity contribution in [1.29, 1.82) is 0 Å². The molecule has 1 saturated heterocycles. The fourth-order valence-corrected chi connectivity index (χ4v) is 2.34. The van der Waals surface area contributed by atoms with Crippen LogP contribution < -0.4 is 5.73 Å². The van der Waals surface area contributed by atoms with Gasteiger partial charge in [0.2, 0.25) is 5.91 Å². The zero-order valence-electron chi connectivity index (χ0n) is 9.99. The Morgan fingerprint density at radius 1 is 1.44 bits per heavy atom. The molecule has 1 aliphatic heterocycles. The molecule has 18 heavy (non-hydrogen) atoms. The molecule has 1 amide bonds. The molecule has 0 saturated carbocycles. The standard InChI is InChI=1S/C13H15FN2OS/c14-10-5-4-9(11(7-10)13(15)18)8-16-6-2-1-3-12(16)17/h4-5,7H,1-3,6,8H2,(H2,15,18). The molecule has 0 aliphatic carbocycles. The summed E-state index contributed by atoms with van der Waals surface area (Å²) in [6.07, 6.45) is 2.54. The number of hydrogen-bond donors (Lipinski definition) is 1. The monoisotopic (exact) mass is 266 g/mol. The van der Waals surface area contributed by atoms with Gasteiger partial charge in [-0.25, -0.2) is 4.39 Å². The predicted molar refractivity (Wildman–Crippen MR) is 71.6 cm³/mol. The van der Waals surface area contributed by atoms with E-state index in [0.29, 0.717) is 18.5 Å². The van der Waals surface area contributed by atoms with Crippen LogP contribution in [0.1, 0.15) is 30.4 Å². The quantitative estimate of drug-likeness (QED) is 0.851. The Labute approximate surface area is 111 Å². The lowest BCUT2D eigenvalue weighted by atomic mass is 10.0. The fraction of sp³-hybridized carbons (Fsp3) is 0.385. The zero-order chi connectivity index (χ0) is 13.1. The first-order valence-electron chi connectivity index (χ1n) is 5.94. The molecule has 0 unspecified atom stereocenters. The zero-order valence-corrected chi connectivity index (χ0v) is 10.8. The second-order valence-electron chi connectivity index (χ2n) is 4.44. The second-order valence-corrected chi connectivity index (χ2v) is 4.88. The number of nitrogens with zero attached hydrogens (tertiary/aromatic N) is 1. The molecule has 1 aromatic carbocycles. The highest BCUT2D eigenvalue weighted by Crippen LogP contribution is 2.18. The van der Waals surface area contributed by atoms with Crippen molar-refractivity contribution in [3.8, 4) is 0 Å². The Hall–Kier alpha value is -1.49. The van der Waals surface area contributed by atoms with Crippen LogP contribution in [0.5, 0.6) is 0 Å². The number of piperidine rings is 1. The van der Waals surface area contributed by atoms with Gasteiger partial charge in [0.25, 0.3) is 0 Å². The van der Waals surface area contributed by atoms with E-state index in [1.165, 1.54) is 12.1 Å². The van der Waals surface area contributed by atoms with Crippen molar-refractivity contribution in [2.24, 2.45) is 5.73 Å². The summed E-state index contributed by atoms with van der Waals surface area (Å²) in [5, 5.41) is 0. The van der Waals surface area contributed by atoms with E-state index in [1.54, 1.807) is 11.0 Å². The van der Waals surface area contributed by atoms with Crippen LogP contribution >= 0.6 is 12.2 Å². The lowest BCUT2D eigenvalue weighted by Gasteiger charge is -2.27. The van der Waals surface area contributed by atoms with E-state index < -0.39 is 0 Å². The Balaban J connectivity index is 2.22. The van der Waals surface area contributed by atoms with Crippen LogP contribution in [0.2, 0.25) is 0 Å². The van der Waals surface area contributed by atoms with E-state index in [0.717, 1.165) is 24.9 Å². The minimum absolute atomic E-state index is 0.138. The van der Waals surface area contributed by atoms with Crippen LogP contribution in [0.25, 0.3) is 0 Å². The summed E-state index contributed by atoms with van der Waals surface area (Å²) < 4.78 is 13.2. The van der Waals surface area contributed by atoms with Crippen LogP contribution in [0.3, 0.4) is 0 Å². The number of amides is 1. The maximum Gasteiger partial charge on any atom is 0.222 e. The second kappa shape index (κ2) is 5.44. The van der Waals surface area contributed by atoms with E-state index >= 15 is 0 Å². The number of rotatable bonds is 3. The lowest BCUT2D eigenvalue weighted by Crippen LogP contribution is -2.35. The van der Waals surface area contributed by atoms with Gasteiger partial charge in [-0.3, -0.25) is 4.79 Å². The Bertz CT molecular complexity index is 490. The van der Waals surface area contributed by atoms with Crippen molar-refractivity contribution in [3.05, 3.63) is 35.1 Å². The highest BCUT2D eigenvalue weighted by molar-refractivity contribution is 7.80. The van der Waals surface area contributed by atoms with E-state index in [9.17, 15) is 9.18 Å². The SMILES string of the molecule is NC(=S)c1cc(F)ccc1CN1CCCCC1=O. The number of likely N-dealkylation sites (tertiary alicyclic amines) is 1. The maximum atomic E-state index is 13.2. The van der Waals surface area contributed by atoms with Crippen LogP contribution in [-0.4, -0.2) is 22.3 Å². The number of benzene rings is 1. The van der Waals surface area contributed by atoms with Gasteiger partial charge in [0.1, 0.15) is 10.8 Å². The summed E-state index contributed by atoms with van der Waals surface area (Å²) in [6.45, 7) is 1.19. The van der Waals surface area contributed by atoms with Gasteiger partial charge in [-0.1, -0.05) is 18.3 Å². The lowest BCUT2D eigenvalue weighted by molar-refractivity contribution is -0.133. The molecule has 1 aliphatic rings. The topological polar surface area (TPSA) is 46.3 Å². The van der Waals surface area contributed by atoms with Crippen LogP contribution in [0.15, 0.2) is 18.2 Å². The number of nitrogens with two attached hydrogens (primary N) is 1. The van der Waals surface area contributed by atoms with Gasteiger partial charge in [-0.2, -0.15) is 0 Å². The van der Waals surface area contributed by atoms with Gasteiger partial charge in [0.15, 0.2) is 0 Å². The smallest absolute Gasteiger partial charge is 0.222 e. The average molecular weight is 266 g/mol. The fourth-order valence-electron chi connectivity index (χ4n) is 2.15. The third-order valence-corrected chi connectivity index (χ3v) is 3.34. The minimum atomic E-state index is -0.369. The molecule has 3 nitrogen and oxygen atoms in total. The van der Waals surface area contributed by atoms with Crippen LogP contribution in [0, 0.1) is 5.82 Å². The Morgan fingerprint density at radius 2 is 2.22 bits per heavy atom. The molecule has 2 rings (SSSR count). The van der Waals surface area contributed by atoms with E-state index in [4.69, 9.17) is 18.0 Å². The number of carbonyl (C=O) groups excluding carboxylic acids is 1. The molecule has 1 fully saturated rings. The summed E-state index contributed by atoms with van der Waals surface area (Å²) in [6, 6.07) is 4.34. The van der Waals surface area contributed by atoms with Gasteiger partial charge in [-0.05, 0) is 30.5 Å². The van der Waals surface area contributed by atoms with Crippen molar-refractivity contribution >= 4 is 23.1 Å². The third kappa shape index (κ3) is 2.85. The molecule has 2 N–H and O–H groups in total. The first-order valence-corrected chi connectivity index (χ1v) is 6.35. The van der Waals surface area contributed by atoms with Crippen molar-refractivity contribution in [1.82, 2.24) is 4.90 Å². The molecule has 0 atom stereocenters. The van der Waals surface area contributed by atoms with E-state index in [-0.39, 0.29) is 16.7 Å². The van der Waals surface area contributed by atoms with Gasteiger partial charge in [-0.15, -0.1) is 0 Å². The first kappa shape index (κ1) is 13.0. The first-order chi connectivity index (χ1) is 8.58. The molecule has 5 heteroatoms. The summed E-state index contributed by atoms with van der Waals surface area (Å²) in [4.78, 5) is 13.7. The molecule has 1 aromatic rings. The van der Waals surface area contributed by atoms with Crippen molar-refractivity contribution in [2.45, 2.75) is 25.8 Å². The van der Waals surface area contributed by atoms with Crippen LogP contribution in [-0.2, 0) is 11.3 Å². The number of halogens is 1. The third-order valence-electron chi connectivity index (χ3n) is 3.12. The number of hydrogen-bond acceptors (Lipinski definition) is 2. The maximum absolute atomic E-state index is 13.2. The molecule has 0 spiro atoms. The Morgan fingerprint density at radius 3 is 2.89 bits per heavy atom. The summed E-state index contributed by atoms with van der Waals surface area (Å²) in [7, 11) is 0. The molecule has 1 heterocycles. The average Bonchev–Trinajstić information content (AvgIpc) is 2.34. The summed E-state index contributed by atoms with van der Waals surface area (Å²) in [5.41, 5.74) is 6.91. The van der Waals surface area contributed by atoms with E-state index in [1.807, 2.05) is 0 Å². The highest BCUT2D eigenvalue weighted by atomic mass is 32.1. The molecular formula is C13H15FN2OS. The van der Waals surface area contributed by atoms with Crippen molar-refractivity contribution in [3.63, 3.8) is 0 Å². The minimum Gasteiger partial charge on any atom is -0.389 e. The molecular weight excluding hydrogens is 251 g/mol. The number of carbonyl (C=O) groups is 1. The van der Waals surface area contributed by atoms with Crippen molar-refractivity contribution < 1.29 is 9.18 Å². The Kier molecular flexibility index (Phi) is 3.91. The van der Waals surface area contributed by atoms with E-state index in [2.05, 4.69) is 0 Å².